The molecule has 1 aromatic rings. The highest BCUT2D eigenvalue weighted by Crippen LogP contribution is 2.44. The normalized spacial score (nSPS) is 24.2. The van der Waals surface area contributed by atoms with Gasteiger partial charge >= 0.3 is 0 Å². The van der Waals surface area contributed by atoms with Crippen LogP contribution in [0, 0.1) is 5.82 Å². The Kier molecular flexibility index (Phi) is 4.66. The fourth-order valence-corrected chi connectivity index (χ4v) is 4.54. The maximum Gasteiger partial charge on any atom is 0.230 e. The first-order valence-corrected chi connectivity index (χ1v) is 10.2. The van der Waals surface area contributed by atoms with Crippen LogP contribution in [0.5, 0.6) is 0 Å². The number of carbonyl (C=O) groups excluding carboxylic acids is 1. The van der Waals surface area contributed by atoms with Crippen LogP contribution in [-0.2, 0) is 20.2 Å². The van der Waals surface area contributed by atoms with Crippen LogP contribution in [-0.4, -0.2) is 44.0 Å². The Morgan fingerprint density at radius 3 is 2.46 bits per heavy atom. The zero-order valence-electron chi connectivity index (χ0n) is 13.8. The van der Waals surface area contributed by atoms with Gasteiger partial charge in [-0.2, -0.15) is 0 Å². The topological polar surface area (TPSA) is 66.5 Å². The molecule has 1 aromatic carbocycles. The van der Waals surface area contributed by atoms with Crippen molar-refractivity contribution >= 4 is 15.9 Å². The lowest BCUT2D eigenvalue weighted by Crippen LogP contribution is -2.56. The molecule has 1 unspecified atom stereocenters. The van der Waals surface area contributed by atoms with Gasteiger partial charge in [-0.3, -0.25) is 4.79 Å². The number of nitrogens with zero attached hydrogens (tertiary/aromatic N) is 1. The summed E-state index contributed by atoms with van der Waals surface area (Å²) in [4.78, 5) is 12.9. The number of amides is 1. The lowest BCUT2D eigenvalue weighted by atomic mass is 9.63. The number of rotatable bonds is 4. The van der Waals surface area contributed by atoms with E-state index in [9.17, 15) is 17.6 Å². The maximum atomic E-state index is 13.2. The van der Waals surface area contributed by atoms with E-state index in [0.717, 1.165) is 37.7 Å². The maximum absolute atomic E-state index is 13.2. The minimum absolute atomic E-state index is 0.0688. The van der Waals surface area contributed by atoms with Crippen LogP contribution in [0.3, 0.4) is 0 Å². The summed E-state index contributed by atoms with van der Waals surface area (Å²) in [6, 6.07) is 5.96. The summed E-state index contributed by atoms with van der Waals surface area (Å²) in [5.41, 5.74) is 0.240. The van der Waals surface area contributed by atoms with Crippen LogP contribution in [0.4, 0.5) is 4.39 Å². The smallest absolute Gasteiger partial charge is 0.230 e. The van der Waals surface area contributed by atoms with Gasteiger partial charge in [-0.25, -0.2) is 17.1 Å². The van der Waals surface area contributed by atoms with Crippen LogP contribution >= 0.6 is 0 Å². The number of piperidine rings is 1. The van der Waals surface area contributed by atoms with Crippen molar-refractivity contribution in [1.82, 2.24) is 9.62 Å². The fraction of sp³-hybridized carbons (Fsp3) is 0.588. The van der Waals surface area contributed by atoms with Gasteiger partial charge in [-0.15, -0.1) is 0 Å². The van der Waals surface area contributed by atoms with Gasteiger partial charge in [0.15, 0.2) is 0 Å². The minimum atomic E-state index is -3.24. The van der Waals surface area contributed by atoms with Gasteiger partial charge in [0.25, 0.3) is 0 Å². The first-order chi connectivity index (χ1) is 11.3. The van der Waals surface area contributed by atoms with Crippen molar-refractivity contribution in [3.05, 3.63) is 35.6 Å². The average Bonchev–Trinajstić information content (AvgIpc) is 2.47. The third kappa shape index (κ3) is 3.32. The van der Waals surface area contributed by atoms with Crippen molar-refractivity contribution in [3.63, 3.8) is 0 Å². The second-order valence-corrected chi connectivity index (χ2v) is 8.86. The molecule has 2 fully saturated rings. The van der Waals surface area contributed by atoms with E-state index in [1.807, 2.05) is 0 Å². The van der Waals surface area contributed by atoms with E-state index in [2.05, 4.69) is 5.32 Å². The van der Waals surface area contributed by atoms with Crippen molar-refractivity contribution in [1.29, 1.82) is 0 Å². The molecule has 2 aliphatic rings. The summed E-state index contributed by atoms with van der Waals surface area (Å²) in [6.45, 7) is 0.832. The van der Waals surface area contributed by atoms with Gasteiger partial charge in [0.05, 0.1) is 11.7 Å². The fourth-order valence-electron chi connectivity index (χ4n) is 3.63. The second-order valence-electron chi connectivity index (χ2n) is 6.88. The Hall–Kier alpha value is -1.47. The molecular weight excluding hydrogens is 331 g/mol. The number of sulfonamides is 1. The molecule has 1 saturated heterocycles. The van der Waals surface area contributed by atoms with E-state index in [1.54, 1.807) is 12.1 Å². The molecule has 0 spiro atoms. The standard InChI is InChI=1S/C17H23FN2O3S/c1-24(22,23)20-11-2-4-15(12-20)19-16(21)17(9-3-10-17)13-5-7-14(18)8-6-13/h5-8,15H,2-4,9-12H2,1H3,(H,19,21). The van der Waals surface area contributed by atoms with Gasteiger partial charge in [-0.05, 0) is 43.4 Å². The minimum Gasteiger partial charge on any atom is -0.351 e. The van der Waals surface area contributed by atoms with E-state index >= 15 is 0 Å². The van der Waals surface area contributed by atoms with Crippen LogP contribution in [0.1, 0.15) is 37.7 Å². The van der Waals surface area contributed by atoms with Crippen LogP contribution in [0.25, 0.3) is 0 Å². The van der Waals surface area contributed by atoms with Crippen LogP contribution < -0.4 is 5.32 Å². The zero-order valence-corrected chi connectivity index (χ0v) is 14.6. The number of halogens is 1. The summed E-state index contributed by atoms with van der Waals surface area (Å²) in [5.74, 6) is -0.384. The predicted molar refractivity (Wildman–Crippen MR) is 89.5 cm³/mol. The molecule has 1 aliphatic heterocycles. The lowest BCUT2D eigenvalue weighted by Gasteiger charge is -2.42. The van der Waals surface area contributed by atoms with Gasteiger partial charge in [0.2, 0.25) is 15.9 Å². The molecule has 5 nitrogen and oxygen atoms in total. The Balaban J connectivity index is 1.72. The predicted octanol–water partition coefficient (Wildman–Crippen LogP) is 1.79. The van der Waals surface area contributed by atoms with Crippen molar-refractivity contribution < 1.29 is 17.6 Å². The van der Waals surface area contributed by atoms with Crippen LogP contribution in [0.2, 0.25) is 0 Å². The summed E-state index contributed by atoms with van der Waals surface area (Å²) < 4.78 is 38.0. The molecule has 0 aromatic heterocycles. The molecular formula is C17H23FN2O3S. The number of carbonyl (C=O) groups is 1. The van der Waals surface area contributed by atoms with E-state index in [1.165, 1.54) is 22.7 Å². The first kappa shape index (κ1) is 17.4. The highest BCUT2D eigenvalue weighted by atomic mass is 32.2. The largest absolute Gasteiger partial charge is 0.351 e. The van der Waals surface area contributed by atoms with Gasteiger partial charge in [-0.1, -0.05) is 18.6 Å². The number of benzene rings is 1. The number of hydrogen-bond acceptors (Lipinski definition) is 3. The highest BCUT2D eigenvalue weighted by Gasteiger charge is 2.46. The van der Waals surface area contributed by atoms with Gasteiger partial charge in [0, 0.05) is 19.1 Å². The first-order valence-electron chi connectivity index (χ1n) is 8.33. The Morgan fingerprint density at radius 1 is 1.25 bits per heavy atom. The molecule has 0 radical (unpaired) electrons. The van der Waals surface area contributed by atoms with Crippen molar-refractivity contribution in [3.8, 4) is 0 Å². The van der Waals surface area contributed by atoms with E-state index in [4.69, 9.17) is 0 Å². The highest BCUT2D eigenvalue weighted by molar-refractivity contribution is 7.88. The Morgan fingerprint density at radius 2 is 1.92 bits per heavy atom. The van der Waals surface area contributed by atoms with Crippen molar-refractivity contribution in [2.45, 2.75) is 43.6 Å². The molecule has 0 bridgehead atoms. The number of nitrogens with one attached hydrogen (secondary N) is 1. The Bertz CT molecular complexity index is 714. The van der Waals surface area contributed by atoms with E-state index < -0.39 is 15.4 Å². The second kappa shape index (κ2) is 6.44. The third-order valence-corrected chi connectivity index (χ3v) is 6.50. The van der Waals surface area contributed by atoms with Gasteiger partial charge < -0.3 is 5.32 Å². The molecule has 1 saturated carbocycles. The molecule has 1 amide bonds. The van der Waals surface area contributed by atoms with E-state index in [0.29, 0.717) is 13.1 Å². The van der Waals surface area contributed by atoms with Gasteiger partial charge in [0.1, 0.15) is 5.82 Å². The van der Waals surface area contributed by atoms with E-state index in [-0.39, 0.29) is 17.8 Å². The van der Waals surface area contributed by atoms with Crippen molar-refractivity contribution in [2.75, 3.05) is 19.3 Å². The molecule has 1 aliphatic carbocycles. The molecule has 132 valence electrons. The van der Waals surface area contributed by atoms with Crippen molar-refractivity contribution in [2.24, 2.45) is 0 Å². The average molecular weight is 354 g/mol. The molecule has 1 heterocycles. The zero-order chi connectivity index (χ0) is 17.4. The quantitative estimate of drug-likeness (QED) is 0.896. The molecule has 24 heavy (non-hydrogen) atoms. The SMILES string of the molecule is CS(=O)(=O)N1CCCC(NC(=O)C2(c3ccc(F)cc3)CCC2)C1. The number of hydrogen-bond donors (Lipinski definition) is 1. The molecule has 7 heteroatoms. The summed E-state index contributed by atoms with van der Waals surface area (Å²) in [5, 5.41) is 3.04. The summed E-state index contributed by atoms with van der Waals surface area (Å²) in [7, 11) is -3.24. The Labute approximate surface area is 142 Å². The van der Waals surface area contributed by atoms with Crippen LogP contribution in [0.15, 0.2) is 24.3 Å². The molecule has 1 N–H and O–H groups in total. The molecule has 3 rings (SSSR count). The summed E-state index contributed by atoms with van der Waals surface area (Å²) >= 11 is 0. The molecule has 1 atom stereocenters. The lowest BCUT2D eigenvalue weighted by molar-refractivity contribution is -0.131. The third-order valence-electron chi connectivity index (χ3n) is 5.23. The summed E-state index contributed by atoms with van der Waals surface area (Å²) in [6.07, 6.45) is 5.16. The monoisotopic (exact) mass is 354 g/mol.